The van der Waals surface area contributed by atoms with Crippen LogP contribution in [0, 0.1) is 0 Å². The van der Waals surface area contributed by atoms with Crippen molar-refractivity contribution in [2.75, 3.05) is 13.3 Å². The highest BCUT2D eigenvalue weighted by molar-refractivity contribution is 7.88. The fourth-order valence-corrected chi connectivity index (χ4v) is 2.03. The van der Waals surface area contributed by atoms with Crippen molar-refractivity contribution in [1.82, 2.24) is 9.29 Å². The minimum atomic E-state index is -3.10. The molecule has 0 bridgehead atoms. The Morgan fingerprint density at radius 1 is 1.57 bits per heavy atom. The summed E-state index contributed by atoms with van der Waals surface area (Å²) in [5.74, 6) is 0. The van der Waals surface area contributed by atoms with Gasteiger partial charge in [-0.3, -0.25) is 0 Å². The first-order chi connectivity index (χ1) is 6.43. The molecular formula is C8H14N2O2S2. The van der Waals surface area contributed by atoms with Gasteiger partial charge in [-0.05, 0) is 6.42 Å². The Morgan fingerprint density at radius 2 is 2.21 bits per heavy atom. The van der Waals surface area contributed by atoms with Gasteiger partial charge in [0.25, 0.3) is 0 Å². The van der Waals surface area contributed by atoms with Gasteiger partial charge in [-0.2, -0.15) is 4.31 Å². The standard InChI is InChI=1S/C8H14N2O2S2/c1-4-8-9-7(6-13-8)5-10(2)14(3,11)12/h6H,4-5H2,1-3H3. The molecule has 80 valence electrons. The zero-order valence-electron chi connectivity index (χ0n) is 8.52. The Balaban J connectivity index is 2.70. The topological polar surface area (TPSA) is 50.3 Å². The molecule has 1 aromatic heterocycles. The molecule has 0 saturated carbocycles. The van der Waals surface area contributed by atoms with E-state index in [0.717, 1.165) is 17.1 Å². The van der Waals surface area contributed by atoms with Crippen LogP contribution < -0.4 is 0 Å². The molecule has 0 radical (unpaired) electrons. The van der Waals surface area contributed by atoms with E-state index in [1.807, 2.05) is 12.3 Å². The third-order valence-corrected chi connectivity index (χ3v) is 4.16. The van der Waals surface area contributed by atoms with E-state index in [9.17, 15) is 8.42 Å². The number of hydrogen-bond donors (Lipinski definition) is 0. The molecule has 0 saturated heterocycles. The molecule has 0 aliphatic carbocycles. The van der Waals surface area contributed by atoms with E-state index in [4.69, 9.17) is 0 Å². The van der Waals surface area contributed by atoms with E-state index in [1.165, 1.54) is 10.6 Å². The molecule has 0 spiro atoms. The summed E-state index contributed by atoms with van der Waals surface area (Å²) in [6.07, 6.45) is 2.09. The molecular weight excluding hydrogens is 220 g/mol. The summed E-state index contributed by atoms with van der Waals surface area (Å²) in [6.45, 7) is 2.39. The first kappa shape index (κ1) is 11.6. The molecule has 0 aromatic carbocycles. The van der Waals surface area contributed by atoms with Crippen molar-refractivity contribution in [3.63, 3.8) is 0 Å². The lowest BCUT2D eigenvalue weighted by atomic mass is 10.5. The maximum Gasteiger partial charge on any atom is 0.211 e. The third-order valence-electron chi connectivity index (χ3n) is 1.85. The summed E-state index contributed by atoms with van der Waals surface area (Å²) in [4.78, 5) is 4.29. The van der Waals surface area contributed by atoms with Crippen LogP contribution in [0.25, 0.3) is 0 Å². The molecule has 4 nitrogen and oxygen atoms in total. The van der Waals surface area contributed by atoms with E-state index < -0.39 is 10.0 Å². The fourth-order valence-electron chi connectivity index (χ4n) is 0.929. The van der Waals surface area contributed by atoms with Crippen molar-refractivity contribution in [3.8, 4) is 0 Å². The van der Waals surface area contributed by atoms with Crippen LogP contribution in [0.1, 0.15) is 17.6 Å². The highest BCUT2D eigenvalue weighted by Gasteiger charge is 2.12. The molecule has 0 aliphatic heterocycles. The zero-order valence-corrected chi connectivity index (χ0v) is 10.2. The predicted molar refractivity (Wildman–Crippen MR) is 57.8 cm³/mol. The lowest BCUT2D eigenvalue weighted by molar-refractivity contribution is 0.468. The summed E-state index contributed by atoms with van der Waals surface area (Å²) in [7, 11) is -1.54. The van der Waals surface area contributed by atoms with Gasteiger partial charge in [0.1, 0.15) is 0 Å². The van der Waals surface area contributed by atoms with Gasteiger partial charge in [-0.1, -0.05) is 6.92 Å². The highest BCUT2D eigenvalue weighted by Crippen LogP contribution is 2.12. The van der Waals surface area contributed by atoms with Crippen molar-refractivity contribution in [2.24, 2.45) is 0 Å². The van der Waals surface area contributed by atoms with E-state index in [0.29, 0.717) is 6.54 Å². The summed E-state index contributed by atoms with van der Waals surface area (Å²) < 4.78 is 23.5. The second-order valence-electron chi connectivity index (χ2n) is 3.11. The first-order valence-corrected chi connectivity index (χ1v) is 7.01. The van der Waals surface area contributed by atoms with Crippen LogP contribution in [0.5, 0.6) is 0 Å². The summed E-state index contributed by atoms with van der Waals surface area (Å²) in [5, 5.41) is 2.95. The fraction of sp³-hybridized carbons (Fsp3) is 0.625. The van der Waals surface area contributed by atoms with Crippen molar-refractivity contribution in [1.29, 1.82) is 0 Å². The Morgan fingerprint density at radius 3 is 2.64 bits per heavy atom. The number of aromatic nitrogens is 1. The van der Waals surface area contributed by atoms with Gasteiger partial charge in [0, 0.05) is 12.4 Å². The van der Waals surface area contributed by atoms with Crippen molar-refractivity contribution < 1.29 is 8.42 Å². The molecule has 0 N–H and O–H groups in total. The second kappa shape index (κ2) is 4.37. The van der Waals surface area contributed by atoms with Gasteiger partial charge in [0.2, 0.25) is 10.0 Å². The minimum absolute atomic E-state index is 0.356. The monoisotopic (exact) mass is 234 g/mol. The summed E-state index contributed by atoms with van der Waals surface area (Å²) in [5.41, 5.74) is 0.819. The number of sulfonamides is 1. The summed E-state index contributed by atoms with van der Waals surface area (Å²) >= 11 is 1.57. The van der Waals surface area contributed by atoms with Crippen LogP contribution >= 0.6 is 11.3 Å². The molecule has 1 rings (SSSR count). The predicted octanol–water partition coefficient (Wildman–Crippen LogP) is 1.10. The van der Waals surface area contributed by atoms with E-state index in [-0.39, 0.29) is 0 Å². The Bertz CT molecular complexity index is 397. The van der Waals surface area contributed by atoms with Crippen molar-refractivity contribution in [3.05, 3.63) is 16.1 Å². The molecule has 0 amide bonds. The lowest BCUT2D eigenvalue weighted by Crippen LogP contribution is -2.25. The van der Waals surface area contributed by atoms with Crippen LogP contribution in [0.15, 0.2) is 5.38 Å². The minimum Gasteiger partial charge on any atom is -0.245 e. The smallest absolute Gasteiger partial charge is 0.211 e. The van der Waals surface area contributed by atoms with Gasteiger partial charge < -0.3 is 0 Å². The Labute approximate surface area is 88.6 Å². The van der Waals surface area contributed by atoms with E-state index in [1.54, 1.807) is 18.4 Å². The van der Waals surface area contributed by atoms with Crippen LogP contribution in [-0.2, 0) is 23.0 Å². The number of nitrogens with zero attached hydrogens (tertiary/aromatic N) is 2. The van der Waals surface area contributed by atoms with Gasteiger partial charge in [0.15, 0.2) is 0 Å². The van der Waals surface area contributed by atoms with Crippen molar-refractivity contribution in [2.45, 2.75) is 19.9 Å². The Hall–Kier alpha value is -0.460. The quantitative estimate of drug-likeness (QED) is 0.784. The molecule has 1 heterocycles. The zero-order chi connectivity index (χ0) is 10.8. The largest absolute Gasteiger partial charge is 0.245 e. The lowest BCUT2D eigenvalue weighted by Gasteiger charge is -2.11. The number of rotatable bonds is 4. The normalized spacial score (nSPS) is 12.3. The third kappa shape index (κ3) is 3.04. The molecule has 0 unspecified atom stereocenters. The van der Waals surface area contributed by atoms with Crippen LogP contribution in [0.4, 0.5) is 0 Å². The van der Waals surface area contributed by atoms with Gasteiger partial charge >= 0.3 is 0 Å². The van der Waals surface area contributed by atoms with E-state index >= 15 is 0 Å². The molecule has 1 aromatic rings. The number of aryl methyl sites for hydroxylation is 1. The average molecular weight is 234 g/mol. The molecule has 6 heteroatoms. The van der Waals surface area contributed by atoms with Crippen molar-refractivity contribution >= 4 is 21.4 Å². The van der Waals surface area contributed by atoms with Crippen LogP contribution in [-0.4, -0.2) is 31.0 Å². The van der Waals surface area contributed by atoms with E-state index in [2.05, 4.69) is 4.98 Å². The maximum atomic E-state index is 11.1. The van der Waals surface area contributed by atoms with Gasteiger partial charge in [-0.25, -0.2) is 13.4 Å². The van der Waals surface area contributed by atoms with Crippen LogP contribution in [0.3, 0.4) is 0 Å². The highest BCUT2D eigenvalue weighted by atomic mass is 32.2. The first-order valence-electron chi connectivity index (χ1n) is 4.28. The SMILES string of the molecule is CCc1nc(CN(C)S(C)(=O)=O)cs1. The maximum absolute atomic E-state index is 11.1. The molecule has 0 fully saturated rings. The molecule has 0 atom stereocenters. The molecule has 14 heavy (non-hydrogen) atoms. The number of thiazole rings is 1. The Kier molecular flexibility index (Phi) is 3.63. The van der Waals surface area contributed by atoms with Crippen LogP contribution in [0.2, 0.25) is 0 Å². The molecule has 0 aliphatic rings. The van der Waals surface area contributed by atoms with Gasteiger partial charge in [-0.15, -0.1) is 11.3 Å². The van der Waals surface area contributed by atoms with Gasteiger partial charge in [0.05, 0.1) is 23.5 Å². The average Bonchev–Trinajstić information content (AvgIpc) is 2.50. The second-order valence-corrected chi connectivity index (χ2v) is 6.14. The summed E-state index contributed by atoms with van der Waals surface area (Å²) in [6, 6.07) is 0. The number of hydrogen-bond acceptors (Lipinski definition) is 4.